The van der Waals surface area contributed by atoms with Crippen LogP contribution in [0.25, 0.3) is 0 Å². The minimum absolute atomic E-state index is 0.0561. The Balaban J connectivity index is 2.10. The van der Waals surface area contributed by atoms with Crippen molar-refractivity contribution in [3.63, 3.8) is 0 Å². The van der Waals surface area contributed by atoms with Crippen molar-refractivity contribution in [3.05, 3.63) is 78.1 Å². The Labute approximate surface area is 163 Å². The molecule has 0 aliphatic carbocycles. The summed E-state index contributed by atoms with van der Waals surface area (Å²) < 4.78 is 8.59. The molecule has 0 unspecified atom stereocenters. The topological polar surface area (TPSA) is 27.1 Å². The maximum Gasteiger partial charge on any atom is 0.261 e. The summed E-state index contributed by atoms with van der Waals surface area (Å²) in [4.78, 5) is 0. The summed E-state index contributed by atoms with van der Waals surface area (Å²) in [6.45, 7) is 7.24. The molecule has 0 amide bonds. The van der Waals surface area contributed by atoms with E-state index in [-0.39, 0.29) is 5.04 Å². The van der Waals surface area contributed by atoms with Gasteiger partial charge in [0.15, 0.2) is 0 Å². The number of hydrogen-bond donors (Lipinski definition) is 0. The standard InChI is InChI=1S/C23H26N2OSi/c1-6-20-17-19(24-25(20)5)18-26-27(23(2,3)4,21-13-9-7-10-14-21)22-15-11-8-12-16-22/h1,7-17H,18H2,2-5H3. The van der Waals surface area contributed by atoms with Crippen LogP contribution in [0.3, 0.4) is 0 Å². The van der Waals surface area contributed by atoms with Crippen LogP contribution in [0.4, 0.5) is 0 Å². The maximum atomic E-state index is 6.86. The Kier molecular flexibility index (Phi) is 5.36. The first kappa shape index (κ1) is 19.2. The molecule has 27 heavy (non-hydrogen) atoms. The molecular formula is C23H26N2OSi. The van der Waals surface area contributed by atoms with Gasteiger partial charge in [-0.1, -0.05) is 87.4 Å². The third-order valence-corrected chi connectivity index (χ3v) is 9.91. The number of terminal acetylenes is 1. The molecule has 0 spiro atoms. The molecule has 0 N–H and O–H groups in total. The fraction of sp³-hybridized carbons (Fsp3) is 0.261. The van der Waals surface area contributed by atoms with E-state index in [2.05, 4.69) is 80.3 Å². The highest BCUT2D eigenvalue weighted by atomic mass is 28.4. The molecular weight excluding hydrogens is 348 g/mol. The Morgan fingerprint density at radius 2 is 1.52 bits per heavy atom. The average Bonchev–Trinajstić information content (AvgIpc) is 3.03. The number of aromatic nitrogens is 2. The lowest BCUT2D eigenvalue weighted by atomic mass is 10.2. The fourth-order valence-corrected chi connectivity index (χ4v) is 8.20. The van der Waals surface area contributed by atoms with Crippen LogP contribution in [0.15, 0.2) is 66.7 Å². The largest absolute Gasteiger partial charge is 0.401 e. The SMILES string of the molecule is C#Cc1cc(CO[Si](c2ccccc2)(c2ccccc2)C(C)(C)C)nn1C. The summed E-state index contributed by atoms with van der Waals surface area (Å²) in [7, 11) is -0.689. The van der Waals surface area contributed by atoms with Crippen LogP contribution in [0.2, 0.25) is 5.04 Å². The number of aryl methyl sites for hydroxylation is 1. The van der Waals surface area contributed by atoms with Crippen molar-refractivity contribution < 1.29 is 4.43 Å². The molecule has 1 heterocycles. The molecule has 0 bridgehead atoms. The predicted molar refractivity (Wildman–Crippen MR) is 114 cm³/mol. The van der Waals surface area contributed by atoms with Gasteiger partial charge in [0.2, 0.25) is 0 Å². The second kappa shape index (κ2) is 7.56. The molecule has 0 aliphatic rings. The van der Waals surface area contributed by atoms with Gasteiger partial charge in [-0.3, -0.25) is 4.68 Å². The Morgan fingerprint density at radius 1 is 1.00 bits per heavy atom. The molecule has 2 aromatic carbocycles. The van der Waals surface area contributed by atoms with Crippen LogP contribution in [-0.2, 0) is 18.1 Å². The van der Waals surface area contributed by atoms with E-state index in [1.807, 2.05) is 25.2 Å². The first-order chi connectivity index (χ1) is 12.9. The summed E-state index contributed by atoms with van der Waals surface area (Å²) in [5, 5.41) is 6.99. The minimum Gasteiger partial charge on any atom is -0.401 e. The lowest BCUT2D eigenvalue weighted by Gasteiger charge is -2.42. The highest BCUT2D eigenvalue weighted by Gasteiger charge is 2.50. The molecule has 0 atom stereocenters. The van der Waals surface area contributed by atoms with Crippen LogP contribution in [0.5, 0.6) is 0 Å². The van der Waals surface area contributed by atoms with Gasteiger partial charge in [-0.2, -0.15) is 5.10 Å². The van der Waals surface area contributed by atoms with E-state index < -0.39 is 8.32 Å². The molecule has 0 radical (unpaired) electrons. The summed E-state index contributed by atoms with van der Waals surface area (Å²) in [5.41, 5.74) is 1.62. The predicted octanol–water partition coefficient (Wildman–Crippen LogP) is 3.48. The number of rotatable bonds is 5. The van der Waals surface area contributed by atoms with Crippen molar-refractivity contribution in [2.24, 2.45) is 7.05 Å². The summed E-state index contributed by atoms with van der Waals surface area (Å²) in [6.07, 6.45) is 5.55. The molecule has 0 aliphatic heterocycles. The molecule has 3 nitrogen and oxygen atoms in total. The van der Waals surface area contributed by atoms with Crippen molar-refractivity contribution >= 4 is 18.7 Å². The zero-order valence-electron chi connectivity index (χ0n) is 16.4. The highest BCUT2D eigenvalue weighted by molar-refractivity contribution is 6.99. The average molecular weight is 375 g/mol. The second-order valence-corrected chi connectivity index (χ2v) is 12.0. The van der Waals surface area contributed by atoms with E-state index in [0.29, 0.717) is 6.61 Å². The minimum atomic E-state index is -2.55. The smallest absolute Gasteiger partial charge is 0.261 e. The zero-order valence-corrected chi connectivity index (χ0v) is 17.4. The van der Waals surface area contributed by atoms with Gasteiger partial charge in [0.1, 0.15) is 5.69 Å². The van der Waals surface area contributed by atoms with E-state index in [1.54, 1.807) is 4.68 Å². The summed E-state index contributed by atoms with van der Waals surface area (Å²) >= 11 is 0. The van der Waals surface area contributed by atoms with Gasteiger partial charge < -0.3 is 4.43 Å². The van der Waals surface area contributed by atoms with Crippen LogP contribution < -0.4 is 10.4 Å². The maximum absolute atomic E-state index is 6.86. The van der Waals surface area contributed by atoms with Gasteiger partial charge in [0.05, 0.1) is 12.3 Å². The van der Waals surface area contributed by atoms with Crippen LogP contribution in [0.1, 0.15) is 32.2 Å². The molecule has 1 aromatic heterocycles. The number of hydrogen-bond acceptors (Lipinski definition) is 2. The lowest BCUT2D eigenvalue weighted by Crippen LogP contribution is -2.66. The summed E-state index contributed by atoms with van der Waals surface area (Å²) in [6, 6.07) is 23.1. The number of nitrogens with zero attached hydrogens (tertiary/aromatic N) is 2. The molecule has 0 saturated heterocycles. The van der Waals surface area contributed by atoms with Crippen LogP contribution in [0, 0.1) is 12.3 Å². The van der Waals surface area contributed by atoms with Gasteiger partial charge in [-0.15, -0.1) is 6.42 Å². The van der Waals surface area contributed by atoms with E-state index in [0.717, 1.165) is 11.4 Å². The molecule has 138 valence electrons. The molecule has 4 heteroatoms. The molecule has 3 aromatic rings. The van der Waals surface area contributed by atoms with Gasteiger partial charge in [0, 0.05) is 7.05 Å². The van der Waals surface area contributed by atoms with Gasteiger partial charge >= 0.3 is 0 Å². The summed E-state index contributed by atoms with van der Waals surface area (Å²) in [5.74, 6) is 2.66. The molecule has 3 rings (SSSR count). The van der Waals surface area contributed by atoms with E-state index in [1.165, 1.54) is 10.4 Å². The van der Waals surface area contributed by atoms with Crippen molar-refractivity contribution in [1.82, 2.24) is 9.78 Å². The van der Waals surface area contributed by atoms with Crippen LogP contribution >= 0.6 is 0 Å². The molecule has 0 fully saturated rings. The third-order valence-electron chi connectivity index (χ3n) is 4.93. The quantitative estimate of drug-likeness (QED) is 0.505. The van der Waals surface area contributed by atoms with Crippen molar-refractivity contribution in [2.45, 2.75) is 32.4 Å². The van der Waals surface area contributed by atoms with Crippen molar-refractivity contribution in [1.29, 1.82) is 0 Å². The highest BCUT2D eigenvalue weighted by Crippen LogP contribution is 2.37. The first-order valence-electron chi connectivity index (χ1n) is 9.13. The third kappa shape index (κ3) is 3.62. The lowest BCUT2D eigenvalue weighted by molar-refractivity contribution is 0.280. The van der Waals surface area contributed by atoms with Crippen molar-refractivity contribution in [2.75, 3.05) is 0 Å². The molecule has 0 saturated carbocycles. The van der Waals surface area contributed by atoms with Gasteiger partial charge in [0.25, 0.3) is 8.32 Å². The zero-order chi connectivity index (χ0) is 19.5. The van der Waals surface area contributed by atoms with Gasteiger partial charge in [-0.25, -0.2) is 0 Å². The van der Waals surface area contributed by atoms with Crippen LogP contribution in [-0.4, -0.2) is 18.1 Å². The Bertz CT molecular complexity index is 895. The van der Waals surface area contributed by atoms with Gasteiger partial charge in [-0.05, 0) is 21.5 Å². The fourth-order valence-electron chi connectivity index (χ4n) is 3.68. The second-order valence-electron chi connectivity index (χ2n) is 7.74. The Morgan fingerprint density at radius 3 is 1.93 bits per heavy atom. The Hall–Kier alpha value is -2.61. The van der Waals surface area contributed by atoms with E-state index >= 15 is 0 Å². The monoisotopic (exact) mass is 374 g/mol. The van der Waals surface area contributed by atoms with Crippen molar-refractivity contribution in [3.8, 4) is 12.3 Å². The first-order valence-corrected chi connectivity index (χ1v) is 11.0. The van der Waals surface area contributed by atoms with E-state index in [9.17, 15) is 0 Å². The number of benzene rings is 2. The van der Waals surface area contributed by atoms with E-state index in [4.69, 9.17) is 10.8 Å². The normalized spacial score (nSPS) is 12.0.